The minimum Gasteiger partial charge on any atom is -0.357 e. The van der Waals surface area contributed by atoms with Crippen LogP contribution in [0.15, 0.2) is 47.7 Å². The third-order valence-electron chi connectivity index (χ3n) is 3.52. The average molecular weight is 354 g/mol. The summed E-state index contributed by atoms with van der Waals surface area (Å²) in [7, 11) is 0. The first-order valence-corrected chi connectivity index (χ1v) is 9.09. The number of thiazole rings is 1. The Labute approximate surface area is 151 Å². The van der Waals surface area contributed by atoms with Gasteiger partial charge in [-0.15, -0.1) is 11.3 Å². The van der Waals surface area contributed by atoms with Gasteiger partial charge in [0, 0.05) is 17.6 Å². The van der Waals surface area contributed by atoms with E-state index in [1.165, 1.54) is 4.88 Å². The zero-order valence-electron chi connectivity index (χ0n) is 14.4. The Morgan fingerprint density at radius 3 is 2.72 bits per heavy atom. The third-order valence-corrected chi connectivity index (χ3v) is 4.43. The van der Waals surface area contributed by atoms with Gasteiger partial charge < -0.3 is 15.6 Å². The maximum absolute atomic E-state index is 4.59. The van der Waals surface area contributed by atoms with Crippen molar-refractivity contribution < 1.29 is 0 Å². The Morgan fingerprint density at radius 1 is 1.16 bits per heavy atom. The molecule has 25 heavy (non-hydrogen) atoms. The molecule has 0 atom stereocenters. The lowest BCUT2D eigenvalue weighted by atomic mass is 10.2. The molecule has 6 nitrogen and oxygen atoms in total. The van der Waals surface area contributed by atoms with E-state index in [0.717, 1.165) is 34.6 Å². The lowest BCUT2D eigenvalue weighted by molar-refractivity contribution is 0.804. The summed E-state index contributed by atoms with van der Waals surface area (Å²) in [6.07, 6.45) is 3.73. The minimum absolute atomic E-state index is 0.485. The number of guanidine groups is 1. The number of hydrogen-bond donors (Lipinski definition) is 3. The summed E-state index contributed by atoms with van der Waals surface area (Å²) in [5.41, 5.74) is 2.12. The summed E-state index contributed by atoms with van der Waals surface area (Å²) < 4.78 is 0. The molecule has 2 heterocycles. The Kier molecular flexibility index (Phi) is 5.79. The van der Waals surface area contributed by atoms with Crippen LogP contribution in [-0.2, 0) is 13.1 Å². The van der Waals surface area contributed by atoms with Gasteiger partial charge in [-0.1, -0.05) is 30.3 Å². The highest BCUT2D eigenvalue weighted by molar-refractivity contribution is 7.11. The maximum atomic E-state index is 4.59. The monoisotopic (exact) mass is 354 g/mol. The Morgan fingerprint density at radius 2 is 2.00 bits per heavy atom. The molecule has 3 rings (SSSR count). The predicted molar refractivity (Wildman–Crippen MR) is 103 cm³/mol. The summed E-state index contributed by atoms with van der Waals surface area (Å²) in [5, 5.41) is 7.60. The highest BCUT2D eigenvalue weighted by Gasteiger charge is 2.04. The van der Waals surface area contributed by atoms with E-state index >= 15 is 0 Å². The summed E-state index contributed by atoms with van der Waals surface area (Å²) in [6, 6.07) is 10.1. The van der Waals surface area contributed by atoms with Gasteiger partial charge in [-0.3, -0.25) is 0 Å². The van der Waals surface area contributed by atoms with E-state index in [4.69, 9.17) is 0 Å². The fourth-order valence-electron chi connectivity index (χ4n) is 2.35. The number of nitrogens with zero attached hydrogens (tertiary/aromatic N) is 3. The van der Waals surface area contributed by atoms with Crippen LogP contribution in [0.1, 0.15) is 22.6 Å². The van der Waals surface area contributed by atoms with E-state index in [-0.39, 0.29) is 0 Å². The standard InChI is InChI=1S/C18H22N6S/c1-3-19-18(23-12-17-21-9-13(2)25-17)22-11-16-20-10-15(24-16)14-7-5-4-6-8-14/h4-10H,3,11-12H2,1-2H3,(H,20,24)(H2,19,22,23). The largest absolute Gasteiger partial charge is 0.357 e. The van der Waals surface area contributed by atoms with E-state index in [9.17, 15) is 0 Å². The number of aromatic nitrogens is 3. The highest BCUT2D eigenvalue weighted by Crippen LogP contribution is 2.16. The van der Waals surface area contributed by atoms with Gasteiger partial charge in [0.15, 0.2) is 5.96 Å². The number of aliphatic imine (C=N–C) groups is 1. The van der Waals surface area contributed by atoms with Crippen LogP contribution in [0.2, 0.25) is 0 Å². The molecule has 3 aromatic rings. The van der Waals surface area contributed by atoms with Crippen molar-refractivity contribution in [3.8, 4) is 11.3 Å². The smallest absolute Gasteiger partial charge is 0.192 e. The molecule has 0 aliphatic rings. The highest BCUT2D eigenvalue weighted by atomic mass is 32.1. The normalized spacial score (nSPS) is 11.5. The van der Waals surface area contributed by atoms with Crippen LogP contribution in [0, 0.1) is 6.92 Å². The number of aryl methyl sites for hydroxylation is 1. The van der Waals surface area contributed by atoms with Gasteiger partial charge in [0.05, 0.1) is 18.4 Å². The number of H-pyrrole nitrogens is 1. The molecule has 0 radical (unpaired) electrons. The fourth-order valence-corrected chi connectivity index (χ4v) is 3.07. The molecule has 0 spiro atoms. The molecule has 1 aromatic carbocycles. The van der Waals surface area contributed by atoms with Crippen LogP contribution in [0.3, 0.4) is 0 Å². The first-order chi connectivity index (χ1) is 12.2. The zero-order chi connectivity index (χ0) is 17.5. The molecule has 0 fully saturated rings. The molecule has 2 aromatic heterocycles. The molecule has 3 N–H and O–H groups in total. The van der Waals surface area contributed by atoms with Crippen molar-refractivity contribution in [3.63, 3.8) is 0 Å². The molecule has 0 saturated carbocycles. The molecule has 7 heteroatoms. The minimum atomic E-state index is 0.485. The average Bonchev–Trinajstić information content (AvgIpc) is 3.27. The Bertz CT molecular complexity index is 821. The lowest BCUT2D eigenvalue weighted by Crippen LogP contribution is -2.36. The molecular weight excluding hydrogens is 332 g/mol. The number of hydrogen-bond acceptors (Lipinski definition) is 4. The SMILES string of the molecule is CCNC(=NCc1ncc(-c2ccccc2)[nH]1)NCc1ncc(C)s1. The molecule has 0 bridgehead atoms. The third kappa shape index (κ3) is 4.90. The molecule has 0 amide bonds. The van der Waals surface area contributed by atoms with Crippen molar-refractivity contribution in [1.82, 2.24) is 25.6 Å². The van der Waals surface area contributed by atoms with Crippen molar-refractivity contribution in [2.45, 2.75) is 26.9 Å². The second-order valence-corrected chi connectivity index (χ2v) is 6.84. The summed E-state index contributed by atoms with van der Waals surface area (Å²) in [5.74, 6) is 1.59. The quantitative estimate of drug-likeness (QED) is 0.469. The molecular formula is C18H22N6S. The number of rotatable bonds is 6. The fraction of sp³-hybridized carbons (Fsp3) is 0.278. The Balaban J connectivity index is 1.62. The van der Waals surface area contributed by atoms with Gasteiger partial charge >= 0.3 is 0 Å². The molecule has 0 aliphatic carbocycles. The van der Waals surface area contributed by atoms with E-state index in [2.05, 4.69) is 49.6 Å². The number of nitrogens with one attached hydrogen (secondary N) is 3. The second-order valence-electron chi connectivity index (χ2n) is 5.52. The predicted octanol–water partition coefficient (Wildman–Crippen LogP) is 3.10. The second kappa shape index (κ2) is 8.43. The van der Waals surface area contributed by atoms with Crippen LogP contribution in [-0.4, -0.2) is 27.5 Å². The summed E-state index contributed by atoms with van der Waals surface area (Å²) in [6.45, 7) is 6.06. The van der Waals surface area contributed by atoms with Crippen LogP contribution < -0.4 is 10.6 Å². The van der Waals surface area contributed by atoms with Gasteiger partial charge in [-0.2, -0.15) is 0 Å². The van der Waals surface area contributed by atoms with Crippen LogP contribution >= 0.6 is 11.3 Å². The topological polar surface area (TPSA) is 78.0 Å². The van der Waals surface area contributed by atoms with Gasteiger partial charge in [-0.05, 0) is 19.4 Å². The van der Waals surface area contributed by atoms with Gasteiger partial charge in [0.25, 0.3) is 0 Å². The van der Waals surface area contributed by atoms with E-state index in [1.807, 2.05) is 37.5 Å². The number of imidazole rings is 1. The van der Waals surface area contributed by atoms with Gasteiger partial charge in [-0.25, -0.2) is 15.0 Å². The van der Waals surface area contributed by atoms with E-state index in [0.29, 0.717) is 13.1 Å². The number of benzene rings is 1. The van der Waals surface area contributed by atoms with Crippen LogP contribution in [0.4, 0.5) is 0 Å². The van der Waals surface area contributed by atoms with Crippen molar-refractivity contribution in [2.75, 3.05) is 6.54 Å². The lowest BCUT2D eigenvalue weighted by Gasteiger charge is -2.09. The van der Waals surface area contributed by atoms with Crippen LogP contribution in [0.25, 0.3) is 11.3 Å². The zero-order valence-corrected chi connectivity index (χ0v) is 15.2. The van der Waals surface area contributed by atoms with Crippen molar-refractivity contribution in [3.05, 3.63) is 58.4 Å². The van der Waals surface area contributed by atoms with Crippen molar-refractivity contribution in [1.29, 1.82) is 0 Å². The molecule has 130 valence electrons. The van der Waals surface area contributed by atoms with Crippen molar-refractivity contribution in [2.24, 2.45) is 4.99 Å². The first kappa shape index (κ1) is 17.2. The van der Waals surface area contributed by atoms with Gasteiger partial charge in [0.2, 0.25) is 0 Å². The van der Waals surface area contributed by atoms with E-state index < -0.39 is 0 Å². The maximum Gasteiger partial charge on any atom is 0.192 e. The van der Waals surface area contributed by atoms with Gasteiger partial charge in [0.1, 0.15) is 17.4 Å². The summed E-state index contributed by atoms with van der Waals surface area (Å²) >= 11 is 1.69. The molecule has 0 saturated heterocycles. The Hall–Kier alpha value is -2.67. The molecule has 0 unspecified atom stereocenters. The van der Waals surface area contributed by atoms with Crippen molar-refractivity contribution >= 4 is 17.3 Å². The molecule has 0 aliphatic heterocycles. The summed E-state index contributed by atoms with van der Waals surface area (Å²) in [4.78, 5) is 17.9. The van der Waals surface area contributed by atoms with E-state index in [1.54, 1.807) is 11.3 Å². The number of aromatic amines is 1. The first-order valence-electron chi connectivity index (χ1n) is 8.27. The van der Waals surface area contributed by atoms with Crippen LogP contribution in [0.5, 0.6) is 0 Å².